The minimum absolute atomic E-state index is 0.0475. The number of benzene rings is 2. The maximum atomic E-state index is 12.1. The highest BCUT2D eigenvalue weighted by atomic mass is 16.6. The number of nitrogens with zero attached hydrogens (tertiary/aromatic N) is 4. The minimum atomic E-state index is -0.452. The van der Waals surface area contributed by atoms with Crippen LogP contribution in [0.25, 0.3) is 10.9 Å². The van der Waals surface area contributed by atoms with Crippen molar-refractivity contribution >= 4 is 34.0 Å². The van der Waals surface area contributed by atoms with Crippen molar-refractivity contribution in [2.24, 2.45) is 10.1 Å². The Bertz CT molecular complexity index is 1290. The molecular formula is C25H27N5O4. The molecule has 0 bridgehead atoms. The molecule has 2 aliphatic heterocycles. The monoisotopic (exact) mass is 461 g/mol. The highest BCUT2D eigenvalue weighted by Gasteiger charge is 2.29. The third-order valence-electron chi connectivity index (χ3n) is 6.30. The molecule has 0 radical (unpaired) electrons. The molecule has 9 nitrogen and oxygen atoms in total. The molecule has 0 unspecified atom stereocenters. The number of carbonyl (C=O) groups is 1. The van der Waals surface area contributed by atoms with Crippen LogP contribution in [-0.2, 0) is 9.57 Å². The number of H-pyrrole nitrogens is 1. The predicted molar refractivity (Wildman–Crippen MR) is 130 cm³/mol. The van der Waals surface area contributed by atoms with Gasteiger partial charge in [0.1, 0.15) is 18.0 Å². The number of nitrogens with one attached hydrogen (secondary N) is 1. The van der Waals surface area contributed by atoms with E-state index in [0.717, 1.165) is 44.0 Å². The lowest BCUT2D eigenvalue weighted by Gasteiger charge is -2.31. The van der Waals surface area contributed by atoms with Crippen LogP contribution in [0.15, 0.2) is 52.6 Å². The summed E-state index contributed by atoms with van der Waals surface area (Å²) in [5.41, 5.74) is 4.15. The Morgan fingerprint density at radius 3 is 2.76 bits per heavy atom. The van der Waals surface area contributed by atoms with E-state index in [2.05, 4.69) is 27.0 Å². The number of methoxy groups -OCH3 is 1. The maximum absolute atomic E-state index is 12.1. The lowest BCUT2D eigenvalue weighted by molar-refractivity contribution is 0.0601. The molecule has 0 amide bonds. The number of aromatic amines is 1. The van der Waals surface area contributed by atoms with Gasteiger partial charge in [-0.15, -0.1) is 0 Å². The number of oxime groups is 1. The van der Waals surface area contributed by atoms with Crippen LogP contribution in [0.1, 0.15) is 21.5 Å². The Hall–Kier alpha value is -3.69. The highest BCUT2D eigenvalue weighted by Crippen LogP contribution is 2.36. The summed E-state index contributed by atoms with van der Waals surface area (Å²) in [6.07, 6.45) is 0. The molecule has 0 aliphatic carbocycles. The Kier molecular flexibility index (Phi) is 6.04. The van der Waals surface area contributed by atoms with Crippen LogP contribution >= 0.6 is 0 Å². The zero-order chi connectivity index (χ0) is 23.7. The van der Waals surface area contributed by atoms with Gasteiger partial charge in [0, 0.05) is 49.2 Å². The molecule has 34 heavy (non-hydrogen) atoms. The number of likely N-dealkylation sites (N-methyl/N-ethyl adjacent to an activating group) is 1. The summed E-state index contributed by atoms with van der Waals surface area (Å²) in [6, 6.07) is 12.7. The van der Waals surface area contributed by atoms with Gasteiger partial charge in [-0.05, 0) is 31.3 Å². The zero-order valence-corrected chi connectivity index (χ0v) is 19.2. The molecular weight excluding hydrogens is 434 g/mol. The van der Waals surface area contributed by atoms with Crippen LogP contribution in [0.2, 0.25) is 0 Å². The average Bonchev–Trinajstić information content (AvgIpc) is 3.38. The van der Waals surface area contributed by atoms with Crippen LogP contribution in [0.5, 0.6) is 5.88 Å². The van der Waals surface area contributed by atoms with E-state index in [1.54, 1.807) is 18.2 Å². The normalized spacial score (nSPS) is 17.7. The van der Waals surface area contributed by atoms with Crippen molar-refractivity contribution in [1.82, 2.24) is 14.8 Å². The standard InChI is InChI=1S/C25H27N5O4/c1-29-9-11-30(12-10-29)13-14-34-28-22-17-5-3-4-6-19(17)26-23(22)21-18-15-16(25(32)33-2)7-8-20(18)27-24(21)31/h3-8,15,27,31H,9-14H2,1-2H3/b28-22+. The lowest BCUT2D eigenvalue weighted by Crippen LogP contribution is -2.45. The van der Waals surface area contributed by atoms with Crippen molar-refractivity contribution in [3.63, 3.8) is 0 Å². The van der Waals surface area contributed by atoms with Gasteiger partial charge in [-0.1, -0.05) is 23.4 Å². The van der Waals surface area contributed by atoms with Gasteiger partial charge in [-0.2, -0.15) is 0 Å². The topological polar surface area (TPSA) is 103 Å². The second kappa shape index (κ2) is 9.28. The fraction of sp³-hybridized carbons (Fsp3) is 0.320. The van der Waals surface area contributed by atoms with Gasteiger partial charge in [-0.3, -0.25) is 4.90 Å². The third-order valence-corrected chi connectivity index (χ3v) is 6.30. The van der Waals surface area contributed by atoms with Crippen molar-refractivity contribution in [1.29, 1.82) is 0 Å². The van der Waals surface area contributed by atoms with Crippen LogP contribution in [0.4, 0.5) is 5.69 Å². The quantitative estimate of drug-likeness (QED) is 0.333. The van der Waals surface area contributed by atoms with E-state index in [0.29, 0.717) is 40.1 Å². The number of piperazine rings is 1. The SMILES string of the molecule is COC(=O)c1ccc2[nH]c(O)c(C3=Nc4ccccc4/C3=N\OCCN3CCN(C)CC3)c2c1. The van der Waals surface area contributed by atoms with E-state index in [1.807, 2.05) is 24.3 Å². The Labute approximate surface area is 197 Å². The van der Waals surface area contributed by atoms with E-state index < -0.39 is 5.97 Å². The number of esters is 1. The molecule has 9 heteroatoms. The van der Waals surface area contributed by atoms with E-state index >= 15 is 0 Å². The number of aromatic nitrogens is 1. The second-order valence-electron chi connectivity index (χ2n) is 8.50. The van der Waals surface area contributed by atoms with Gasteiger partial charge < -0.3 is 24.6 Å². The second-order valence-corrected chi connectivity index (χ2v) is 8.50. The number of carbonyl (C=O) groups excluding carboxylic acids is 1. The molecule has 1 saturated heterocycles. The van der Waals surface area contributed by atoms with E-state index in [1.165, 1.54) is 7.11 Å². The van der Waals surface area contributed by atoms with Crippen LogP contribution in [0.3, 0.4) is 0 Å². The van der Waals surface area contributed by atoms with Gasteiger partial charge in [0.25, 0.3) is 0 Å². The fourth-order valence-electron chi connectivity index (χ4n) is 4.35. The average molecular weight is 462 g/mol. The summed E-state index contributed by atoms with van der Waals surface area (Å²) < 4.78 is 4.86. The summed E-state index contributed by atoms with van der Waals surface area (Å²) in [7, 11) is 3.47. The molecule has 3 heterocycles. The number of rotatable bonds is 6. The van der Waals surface area contributed by atoms with E-state index in [-0.39, 0.29) is 5.88 Å². The molecule has 2 aromatic carbocycles. The van der Waals surface area contributed by atoms with Crippen LogP contribution in [-0.4, -0.2) is 90.8 Å². The van der Waals surface area contributed by atoms with Gasteiger partial charge >= 0.3 is 5.97 Å². The van der Waals surface area contributed by atoms with Crippen molar-refractivity contribution in [3.05, 3.63) is 59.2 Å². The Morgan fingerprint density at radius 1 is 1.18 bits per heavy atom. The number of aromatic hydroxyl groups is 1. The minimum Gasteiger partial charge on any atom is -0.494 e. The number of hydrogen-bond donors (Lipinski definition) is 2. The van der Waals surface area contributed by atoms with Gasteiger partial charge in [-0.25, -0.2) is 9.79 Å². The molecule has 5 rings (SSSR count). The molecule has 2 aliphatic rings. The Balaban J connectivity index is 1.45. The summed E-state index contributed by atoms with van der Waals surface area (Å²) in [4.78, 5) is 30.2. The van der Waals surface area contributed by atoms with Gasteiger partial charge in [0.05, 0.1) is 23.9 Å². The molecule has 0 spiro atoms. The number of fused-ring (bicyclic) bond motifs is 2. The number of aliphatic imine (C=N–C) groups is 1. The first kappa shape index (κ1) is 22.1. The lowest BCUT2D eigenvalue weighted by atomic mass is 10.00. The number of hydrogen-bond acceptors (Lipinski definition) is 8. The van der Waals surface area contributed by atoms with Gasteiger partial charge in [0.15, 0.2) is 5.88 Å². The highest BCUT2D eigenvalue weighted by molar-refractivity contribution is 6.58. The van der Waals surface area contributed by atoms with Gasteiger partial charge in [0.2, 0.25) is 0 Å². The first-order valence-corrected chi connectivity index (χ1v) is 11.3. The molecule has 1 aromatic heterocycles. The fourth-order valence-corrected chi connectivity index (χ4v) is 4.35. The molecule has 2 N–H and O–H groups in total. The molecule has 176 valence electrons. The summed E-state index contributed by atoms with van der Waals surface area (Å²) in [5.74, 6) is -0.500. The van der Waals surface area contributed by atoms with Crippen molar-refractivity contribution in [2.45, 2.75) is 0 Å². The first-order valence-electron chi connectivity index (χ1n) is 11.3. The molecule has 1 fully saturated rings. The zero-order valence-electron chi connectivity index (χ0n) is 19.2. The Morgan fingerprint density at radius 2 is 1.97 bits per heavy atom. The smallest absolute Gasteiger partial charge is 0.337 e. The summed E-state index contributed by atoms with van der Waals surface area (Å²) >= 11 is 0. The van der Waals surface area contributed by atoms with Crippen molar-refractivity contribution in [2.75, 3.05) is 53.5 Å². The number of ether oxygens (including phenoxy) is 1. The van der Waals surface area contributed by atoms with Crippen LogP contribution in [0, 0.1) is 0 Å². The summed E-state index contributed by atoms with van der Waals surface area (Å²) in [5, 5.41) is 15.9. The maximum Gasteiger partial charge on any atom is 0.337 e. The third kappa shape index (κ3) is 4.15. The number of para-hydroxylation sites is 1. The summed E-state index contributed by atoms with van der Waals surface area (Å²) in [6.45, 7) is 5.36. The van der Waals surface area contributed by atoms with Crippen LogP contribution < -0.4 is 0 Å². The van der Waals surface area contributed by atoms with E-state index in [9.17, 15) is 9.90 Å². The first-order chi connectivity index (χ1) is 16.5. The molecule has 0 atom stereocenters. The largest absolute Gasteiger partial charge is 0.494 e. The molecule has 0 saturated carbocycles. The van der Waals surface area contributed by atoms with Crippen molar-refractivity contribution < 1.29 is 19.5 Å². The predicted octanol–water partition coefficient (Wildman–Crippen LogP) is 2.76. The van der Waals surface area contributed by atoms with E-state index in [4.69, 9.17) is 14.6 Å². The molecule has 3 aromatic rings. The van der Waals surface area contributed by atoms with Crippen molar-refractivity contribution in [3.8, 4) is 5.88 Å².